The highest BCUT2D eigenvalue weighted by molar-refractivity contribution is 6.29. The first-order valence-corrected chi connectivity index (χ1v) is 8.49. The van der Waals surface area contributed by atoms with Gasteiger partial charge in [0, 0.05) is 27.9 Å². The molecule has 3 aromatic carbocycles. The summed E-state index contributed by atoms with van der Waals surface area (Å²) in [5.74, 6) is -0.392. The van der Waals surface area contributed by atoms with Crippen molar-refractivity contribution in [2.45, 2.75) is 0 Å². The van der Waals surface area contributed by atoms with Gasteiger partial charge in [-0.25, -0.2) is 0 Å². The molecule has 1 N–H and O–H groups in total. The molecule has 1 aliphatic carbocycles. The third-order valence-corrected chi connectivity index (χ3v) is 4.49. The number of anilines is 1. The number of hydrogen-bond donors (Lipinski definition) is 1. The van der Waals surface area contributed by atoms with E-state index in [1.54, 1.807) is 48.5 Å². The number of benzene rings is 3. The van der Waals surface area contributed by atoms with Crippen molar-refractivity contribution >= 4 is 29.6 Å². The number of hydrogen-bond acceptors (Lipinski definition) is 4. The maximum Gasteiger partial charge on any atom is 0.195 e. The Balaban J connectivity index is 1.81. The lowest BCUT2D eigenvalue weighted by Gasteiger charge is -2.19. The Morgan fingerprint density at radius 2 is 1.33 bits per heavy atom. The van der Waals surface area contributed by atoms with Gasteiger partial charge in [-0.15, -0.1) is 0 Å². The monoisotopic (exact) mass is 353 g/mol. The molecule has 0 bridgehead atoms. The minimum Gasteiger partial charge on any atom is -0.353 e. The molecule has 0 fully saturated rings. The van der Waals surface area contributed by atoms with Gasteiger partial charge < -0.3 is 5.32 Å². The van der Waals surface area contributed by atoms with E-state index in [4.69, 9.17) is 0 Å². The van der Waals surface area contributed by atoms with Gasteiger partial charge >= 0.3 is 0 Å². The molecule has 4 rings (SSSR count). The van der Waals surface area contributed by atoms with E-state index in [-0.39, 0.29) is 11.6 Å². The van der Waals surface area contributed by atoms with Crippen LogP contribution in [0, 0.1) is 0 Å². The topological polar surface area (TPSA) is 63.2 Å². The van der Waals surface area contributed by atoms with E-state index >= 15 is 0 Å². The van der Waals surface area contributed by atoms with Gasteiger partial charge in [-0.3, -0.25) is 14.4 Å². The Kier molecular flexibility index (Phi) is 4.22. The number of ketones is 2. The molecular formula is C23H15NO3. The maximum atomic E-state index is 13.0. The number of aldehydes is 1. The summed E-state index contributed by atoms with van der Waals surface area (Å²) >= 11 is 0. The van der Waals surface area contributed by atoms with Gasteiger partial charge in [0.25, 0.3) is 0 Å². The number of rotatable bonds is 4. The Labute approximate surface area is 156 Å². The summed E-state index contributed by atoms with van der Waals surface area (Å²) in [4.78, 5) is 37.3. The Morgan fingerprint density at radius 1 is 0.704 bits per heavy atom. The van der Waals surface area contributed by atoms with Gasteiger partial charge in [-0.1, -0.05) is 60.7 Å². The molecule has 0 atom stereocenters. The molecule has 0 spiro atoms. The van der Waals surface area contributed by atoms with E-state index in [1.807, 2.05) is 30.3 Å². The van der Waals surface area contributed by atoms with Crippen LogP contribution in [0.25, 0.3) is 6.08 Å². The van der Waals surface area contributed by atoms with Gasteiger partial charge in [0.05, 0.1) is 5.70 Å². The van der Waals surface area contributed by atoms with Crippen molar-refractivity contribution in [3.05, 3.63) is 106 Å². The van der Waals surface area contributed by atoms with Gasteiger partial charge in [0.2, 0.25) is 0 Å². The second kappa shape index (κ2) is 6.84. The first-order chi connectivity index (χ1) is 13.2. The lowest BCUT2D eigenvalue weighted by molar-refractivity contribution is -0.104. The van der Waals surface area contributed by atoms with E-state index in [0.29, 0.717) is 39.8 Å². The van der Waals surface area contributed by atoms with Crippen molar-refractivity contribution in [1.82, 2.24) is 0 Å². The van der Waals surface area contributed by atoms with Crippen molar-refractivity contribution in [3.63, 3.8) is 0 Å². The standard InChI is InChI=1S/C23H15NO3/c25-14-17(24-16-8-2-1-3-9-16)13-15-7-6-12-20-21(15)23(27)19-11-5-4-10-18(19)22(20)26/h1-14,24H/b17-13+. The summed E-state index contributed by atoms with van der Waals surface area (Å²) in [5.41, 5.74) is 3.08. The molecule has 0 aliphatic heterocycles. The molecule has 27 heavy (non-hydrogen) atoms. The number of para-hydroxylation sites is 1. The minimum atomic E-state index is -0.211. The molecule has 1 aliphatic rings. The van der Waals surface area contributed by atoms with Crippen LogP contribution in [0.1, 0.15) is 37.4 Å². The second-order valence-corrected chi connectivity index (χ2v) is 6.18. The highest BCUT2D eigenvalue weighted by Crippen LogP contribution is 2.30. The number of fused-ring (bicyclic) bond motifs is 2. The predicted molar refractivity (Wildman–Crippen MR) is 104 cm³/mol. The molecule has 0 radical (unpaired) electrons. The van der Waals surface area contributed by atoms with Gasteiger partial charge in [0.1, 0.15) is 0 Å². The van der Waals surface area contributed by atoms with Gasteiger partial charge in [0.15, 0.2) is 17.9 Å². The molecule has 0 aromatic heterocycles. The van der Waals surface area contributed by atoms with Crippen molar-refractivity contribution in [2.75, 3.05) is 5.32 Å². The van der Waals surface area contributed by atoms with Crippen LogP contribution in [0.15, 0.2) is 78.5 Å². The summed E-state index contributed by atoms with van der Waals surface area (Å²) in [6.07, 6.45) is 2.29. The molecule has 4 nitrogen and oxygen atoms in total. The fraction of sp³-hybridized carbons (Fsp3) is 0. The van der Waals surface area contributed by atoms with Crippen molar-refractivity contribution in [2.24, 2.45) is 0 Å². The second-order valence-electron chi connectivity index (χ2n) is 6.18. The third-order valence-electron chi connectivity index (χ3n) is 4.49. The number of nitrogens with one attached hydrogen (secondary N) is 1. The zero-order chi connectivity index (χ0) is 18.8. The molecule has 0 heterocycles. The van der Waals surface area contributed by atoms with Crippen LogP contribution in [0.3, 0.4) is 0 Å². The lowest BCUT2D eigenvalue weighted by atomic mass is 9.82. The van der Waals surface area contributed by atoms with Crippen LogP contribution in [-0.4, -0.2) is 17.9 Å². The van der Waals surface area contributed by atoms with Gasteiger partial charge in [-0.05, 0) is 23.8 Å². The average Bonchev–Trinajstić information content (AvgIpc) is 2.72. The molecule has 130 valence electrons. The molecule has 0 amide bonds. The average molecular weight is 353 g/mol. The SMILES string of the molecule is O=C/C(=C\c1cccc2c1C(=O)c1ccccc1C2=O)Nc1ccccc1. The zero-order valence-electron chi connectivity index (χ0n) is 14.3. The third kappa shape index (κ3) is 2.98. The smallest absolute Gasteiger partial charge is 0.195 e. The summed E-state index contributed by atoms with van der Waals surface area (Å²) < 4.78 is 0. The van der Waals surface area contributed by atoms with Gasteiger partial charge in [-0.2, -0.15) is 0 Å². The highest BCUT2D eigenvalue weighted by Gasteiger charge is 2.30. The first-order valence-electron chi connectivity index (χ1n) is 8.49. The normalized spacial score (nSPS) is 13.0. The van der Waals surface area contributed by atoms with E-state index in [9.17, 15) is 14.4 Å². The van der Waals surface area contributed by atoms with Crippen LogP contribution in [0.5, 0.6) is 0 Å². The van der Waals surface area contributed by atoms with Crippen LogP contribution < -0.4 is 5.32 Å². The van der Waals surface area contributed by atoms with Crippen LogP contribution >= 0.6 is 0 Å². The summed E-state index contributed by atoms with van der Waals surface area (Å²) in [7, 11) is 0. The molecule has 0 saturated carbocycles. The van der Waals surface area contributed by atoms with Crippen LogP contribution in [0.4, 0.5) is 5.69 Å². The molecular weight excluding hydrogens is 338 g/mol. The lowest BCUT2D eigenvalue weighted by Crippen LogP contribution is -2.22. The van der Waals surface area contributed by atoms with Crippen molar-refractivity contribution < 1.29 is 14.4 Å². The molecule has 4 heteroatoms. The highest BCUT2D eigenvalue weighted by atomic mass is 16.1. The van der Waals surface area contributed by atoms with E-state index < -0.39 is 0 Å². The number of allylic oxidation sites excluding steroid dienone is 1. The van der Waals surface area contributed by atoms with Crippen LogP contribution in [-0.2, 0) is 4.79 Å². The Bertz CT molecular complexity index is 1100. The summed E-state index contributed by atoms with van der Waals surface area (Å²) in [6.45, 7) is 0. The summed E-state index contributed by atoms with van der Waals surface area (Å²) in [5, 5.41) is 3.03. The predicted octanol–water partition coefficient (Wildman–Crippen LogP) is 4.11. The molecule has 0 unspecified atom stereocenters. The fourth-order valence-electron chi connectivity index (χ4n) is 3.25. The van der Waals surface area contributed by atoms with E-state index in [2.05, 4.69) is 5.32 Å². The summed E-state index contributed by atoms with van der Waals surface area (Å²) in [6, 6.07) is 21.2. The maximum absolute atomic E-state index is 13.0. The fourth-order valence-corrected chi connectivity index (χ4v) is 3.25. The minimum absolute atomic E-state index is 0.181. The van der Waals surface area contributed by atoms with E-state index in [1.165, 1.54) is 0 Å². The van der Waals surface area contributed by atoms with Crippen molar-refractivity contribution in [3.8, 4) is 0 Å². The molecule has 3 aromatic rings. The zero-order valence-corrected chi connectivity index (χ0v) is 14.3. The number of carbonyl (C=O) groups is 3. The first kappa shape index (κ1) is 16.7. The van der Waals surface area contributed by atoms with Crippen LogP contribution in [0.2, 0.25) is 0 Å². The number of carbonyl (C=O) groups excluding carboxylic acids is 3. The Hall–Kier alpha value is -3.79. The van der Waals surface area contributed by atoms with Crippen molar-refractivity contribution in [1.29, 1.82) is 0 Å². The van der Waals surface area contributed by atoms with E-state index in [0.717, 1.165) is 5.69 Å². The Morgan fingerprint density at radius 3 is 2.04 bits per heavy atom. The molecule has 0 saturated heterocycles. The quantitative estimate of drug-likeness (QED) is 0.443. The largest absolute Gasteiger partial charge is 0.353 e.